The monoisotopic (exact) mass is 257 g/mol. The van der Waals surface area contributed by atoms with Gasteiger partial charge in [0.1, 0.15) is 0 Å². The van der Waals surface area contributed by atoms with Crippen LogP contribution in [0.15, 0.2) is 0 Å². The first kappa shape index (κ1) is 14.3. The van der Waals surface area contributed by atoms with Gasteiger partial charge in [-0.15, -0.1) is 0 Å². The first-order valence-electron chi connectivity index (χ1n) is 7.35. The maximum Gasteiger partial charge on any atom is 0.0897 e. The summed E-state index contributed by atoms with van der Waals surface area (Å²) in [4.78, 5) is 0. The summed E-state index contributed by atoms with van der Waals surface area (Å²) in [5.74, 6) is 0. The van der Waals surface area contributed by atoms with Crippen molar-refractivity contribution in [3.63, 3.8) is 0 Å². The standard InChI is InChI=1S/C14H27NO3/c16-8-7-14(5-6-14)11-15-9-12(17)10-18-13-3-1-2-4-13/h12-13,15-17H,1-11H2. The fraction of sp³-hybridized carbons (Fsp3) is 1.00. The van der Waals surface area contributed by atoms with Crippen molar-refractivity contribution in [3.8, 4) is 0 Å². The average molecular weight is 257 g/mol. The lowest BCUT2D eigenvalue weighted by Crippen LogP contribution is -2.35. The Morgan fingerprint density at radius 1 is 1.28 bits per heavy atom. The number of ether oxygens (including phenoxy) is 1. The van der Waals surface area contributed by atoms with E-state index in [0.717, 1.165) is 25.8 Å². The molecule has 106 valence electrons. The molecule has 0 spiro atoms. The topological polar surface area (TPSA) is 61.7 Å². The van der Waals surface area contributed by atoms with Crippen LogP contribution >= 0.6 is 0 Å². The minimum Gasteiger partial charge on any atom is -0.396 e. The van der Waals surface area contributed by atoms with E-state index in [1.165, 1.54) is 25.7 Å². The highest BCUT2D eigenvalue weighted by molar-refractivity contribution is 4.94. The molecule has 0 bridgehead atoms. The molecule has 3 N–H and O–H groups in total. The van der Waals surface area contributed by atoms with Crippen LogP contribution in [0.4, 0.5) is 0 Å². The molecular weight excluding hydrogens is 230 g/mol. The highest BCUT2D eigenvalue weighted by atomic mass is 16.5. The van der Waals surface area contributed by atoms with Crippen molar-refractivity contribution in [1.29, 1.82) is 0 Å². The summed E-state index contributed by atoms with van der Waals surface area (Å²) < 4.78 is 5.68. The molecule has 1 atom stereocenters. The highest BCUT2D eigenvalue weighted by Gasteiger charge is 2.41. The first-order chi connectivity index (χ1) is 8.74. The molecule has 2 rings (SSSR count). The highest BCUT2D eigenvalue weighted by Crippen LogP contribution is 2.47. The van der Waals surface area contributed by atoms with Gasteiger partial charge in [-0.05, 0) is 37.5 Å². The molecule has 2 saturated carbocycles. The SMILES string of the molecule is OCCC1(CNCC(O)COC2CCCC2)CC1. The smallest absolute Gasteiger partial charge is 0.0897 e. The van der Waals surface area contributed by atoms with E-state index < -0.39 is 6.10 Å². The van der Waals surface area contributed by atoms with E-state index in [4.69, 9.17) is 9.84 Å². The summed E-state index contributed by atoms with van der Waals surface area (Å²) in [5, 5.41) is 22.1. The molecule has 18 heavy (non-hydrogen) atoms. The average Bonchev–Trinajstić information content (AvgIpc) is 2.93. The van der Waals surface area contributed by atoms with Gasteiger partial charge in [0.25, 0.3) is 0 Å². The van der Waals surface area contributed by atoms with Crippen LogP contribution in [0.5, 0.6) is 0 Å². The van der Waals surface area contributed by atoms with E-state index in [1.54, 1.807) is 0 Å². The van der Waals surface area contributed by atoms with Crippen molar-refractivity contribution < 1.29 is 14.9 Å². The molecule has 0 aromatic rings. The fourth-order valence-corrected chi connectivity index (χ4v) is 2.79. The number of hydrogen-bond donors (Lipinski definition) is 3. The number of nitrogens with one attached hydrogen (secondary N) is 1. The Labute approximate surface area is 110 Å². The van der Waals surface area contributed by atoms with Crippen LogP contribution in [0.1, 0.15) is 44.9 Å². The van der Waals surface area contributed by atoms with Crippen molar-refractivity contribution in [2.75, 3.05) is 26.3 Å². The van der Waals surface area contributed by atoms with Gasteiger partial charge >= 0.3 is 0 Å². The van der Waals surface area contributed by atoms with E-state index in [1.807, 2.05) is 0 Å². The zero-order valence-electron chi connectivity index (χ0n) is 11.2. The summed E-state index contributed by atoms with van der Waals surface area (Å²) in [5.41, 5.74) is 0.320. The maximum absolute atomic E-state index is 9.82. The summed E-state index contributed by atoms with van der Waals surface area (Å²) in [6.07, 6.45) is 8.10. The van der Waals surface area contributed by atoms with Crippen molar-refractivity contribution in [3.05, 3.63) is 0 Å². The molecule has 2 fully saturated rings. The predicted octanol–water partition coefficient (Wildman–Crippen LogP) is 1.06. The normalized spacial score (nSPS) is 24.3. The van der Waals surface area contributed by atoms with Gasteiger partial charge in [0.15, 0.2) is 0 Å². The van der Waals surface area contributed by atoms with Gasteiger partial charge in [0, 0.05) is 19.7 Å². The third kappa shape index (κ3) is 4.50. The second-order valence-corrected chi connectivity index (χ2v) is 6.00. The molecule has 0 aromatic heterocycles. The molecule has 4 heteroatoms. The zero-order chi connectivity index (χ0) is 12.8. The van der Waals surface area contributed by atoms with Crippen LogP contribution in [0, 0.1) is 5.41 Å². The molecule has 0 aliphatic heterocycles. The predicted molar refractivity (Wildman–Crippen MR) is 70.5 cm³/mol. The Hall–Kier alpha value is -0.160. The van der Waals surface area contributed by atoms with Crippen LogP contribution in [0.25, 0.3) is 0 Å². The second kappa shape index (κ2) is 6.85. The summed E-state index contributed by atoms with van der Waals surface area (Å²) in [7, 11) is 0. The Bertz CT molecular complexity index is 237. The molecular formula is C14H27NO3. The van der Waals surface area contributed by atoms with E-state index >= 15 is 0 Å². The molecule has 2 aliphatic carbocycles. The maximum atomic E-state index is 9.82. The Morgan fingerprint density at radius 2 is 2.00 bits per heavy atom. The fourth-order valence-electron chi connectivity index (χ4n) is 2.79. The third-order valence-electron chi connectivity index (χ3n) is 4.31. The van der Waals surface area contributed by atoms with Gasteiger partial charge in [-0.25, -0.2) is 0 Å². The van der Waals surface area contributed by atoms with Crippen LogP contribution < -0.4 is 5.32 Å². The van der Waals surface area contributed by atoms with Gasteiger partial charge in [-0.2, -0.15) is 0 Å². The second-order valence-electron chi connectivity index (χ2n) is 6.00. The first-order valence-corrected chi connectivity index (χ1v) is 7.35. The third-order valence-corrected chi connectivity index (χ3v) is 4.31. The van der Waals surface area contributed by atoms with Crippen molar-refractivity contribution >= 4 is 0 Å². The largest absolute Gasteiger partial charge is 0.396 e. The molecule has 4 nitrogen and oxygen atoms in total. The van der Waals surface area contributed by atoms with E-state index in [2.05, 4.69) is 5.32 Å². The van der Waals surface area contributed by atoms with Gasteiger partial charge < -0.3 is 20.3 Å². The Kier molecular flexibility index (Phi) is 5.42. The molecule has 1 unspecified atom stereocenters. The van der Waals surface area contributed by atoms with Gasteiger partial charge in [0.2, 0.25) is 0 Å². The molecule has 0 radical (unpaired) electrons. The molecule has 0 aromatic carbocycles. The van der Waals surface area contributed by atoms with Gasteiger partial charge in [-0.3, -0.25) is 0 Å². The van der Waals surface area contributed by atoms with Gasteiger partial charge in [0.05, 0.1) is 18.8 Å². The summed E-state index contributed by atoms with van der Waals surface area (Å²) in [6.45, 7) is 2.23. The lowest BCUT2D eigenvalue weighted by molar-refractivity contribution is -0.00578. The van der Waals surface area contributed by atoms with E-state index in [9.17, 15) is 5.11 Å². The van der Waals surface area contributed by atoms with Crippen molar-refractivity contribution in [2.45, 2.75) is 57.2 Å². The molecule has 0 amide bonds. The van der Waals surface area contributed by atoms with Crippen molar-refractivity contribution in [1.82, 2.24) is 5.32 Å². The zero-order valence-corrected chi connectivity index (χ0v) is 11.2. The summed E-state index contributed by atoms with van der Waals surface area (Å²) in [6, 6.07) is 0. The Balaban J connectivity index is 1.50. The lowest BCUT2D eigenvalue weighted by Gasteiger charge is -2.18. The number of hydrogen-bond acceptors (Lipinski definition) is 4. The van der Waals surface area contributed by atoms with Crippen LogP contribution in [0.3, 0.4) is 0 Å². The lowest BCUT2D eigenvalue weighted by atomic mass is 10.0. The van der Waals surface area contributed by atoms with Crippen LogP contribution in [-0.2, 0) is 4.74 Å². The summed E-state index contributed by atoms with van der Waals surface area (Å²) >= 11 is 0. The van der Waals surface area contributed by atoms with E-state index in [0.29, 0.717) is 24.7 Å². The number of aliphatic hydroxyl groups excluding tert-OH is 2. The van der Waals surface area contributed by atoms with E-state index in [-0.39, 0.29) is 6.61 Å². The Morgan fingerprint density at radius 3 is 2.61 bits per heavy atom. The van der Waals surface area contributed by atoms with Gasteiger partial charge in [-0.1, -0.05) is 12.8 Å². The molecule has 2 aliphatic rings. The molecule has 0 saturated heterocycles. The number of aliphatic hydroxyl groups is 2. The molecule has 0 heterocycles. The minimum absolute atomic E-state index is 0.273. The van der Waals surface area contributed by atoms with Crippen molar-refractivity contribution in [2.24, 2.45) is 5.41 Å². The van der Waals surface area contributed by atoms with Crippen LogP contribution in [0.2, 0.25) is 0 Å². The number of rotatable bonds is 9. The minimum atomic E-state index is -0.407. The van der Waals surface area contributed by atoms with Crippen LogP contribution in [-0.4, -0.2) is 48.7 Å². The quantitative estimate of drug-likeness (QED) is 0.578.